The zero-order valence-electron chi connectivity index (χ0n) is 12.4. The molecule has 1 fully saturated rings. The van der Waals surface area contributed by atoms with Crippen LogP contribution in [0.5, 0.6) is 0 Å². The van der Waals surface area contributed by atoms with Crippen molar-refractivity contribution in [3.8, 4) is 0 Å². The molecule has 0 atom stereocenters. The Kier molecular flexibility index (Phi) is 3.55. The maximum Gasteiger partial charge on any atom is 0.0672 e. The van der Waals surface area contributed by atoms with E-state index < -0.39 is 0 Å². The van der Waals surface area contributed by atoms with Crippen LogP contribution in [0.4, 0.5) is 11.4 Å². The van der Waals surface area contributed by atoms with E-state index in [0.29, 0.717) is 6.04 Å². The molecular formula is C16H24N4. The van der Waals surface area contributed by atoms with Crippen LogP contribution in [0.1, 0.15) is 39.0 Å². The SMILES string of the molecule is CCC1CCC(N(C)c2cc3[nH]ncc3cc2N)CC1. The molecule has 0 spiro atoms. The summed E-state index contributed by atoms with van der Waals surface area (Å²) in [7, 11) is 2.17. The average Bonchev–Trinajstić information content (AvgIpc) is 2.93. The van der Waals surface area contributed by atoms with Gasteiger partial charge in [0.15, 0.2) is 0 Å². The Morgan fingerprint density at radius 1 is 1.30 bits per heavy atom. The number of anilines is 2. The molecule has 2 aromatic rings. The van der Waals surface area contributed by atoms with Crippen molar-refractivity contribution in [2.75, 3.05) is 17.7 Å². The topological polar surface area (TPSA) is 57.9 Å². The highest BCUT2D eigenvalue weighted by molar-refractivity contribution is 5.88. The predicted molar refractivity (Wildman–Crippen MR) is 84.9 cm³/mol. The van der Waals surface area contributed by atoms with Crippen molar-refractivity contribution in [3.05, 3.63) is 18.3 Å². The van der Waals surface area contributed by atoms with Crippen LogP contribution in [-0.2, 0) is 0 Å². The highest BCUT2D eigenvalue weighted by Gasteiger charge is 2.24. The lowest BCUT2D eigenvalue weighted by atomic mass is 9.84. The van der Waals surface area contributed by atoms with E-state index in [4.69, 9.17) is 5.73 Å². The second kappa shape index (κ2) is 5.35. The van der Waals surface area contributed by atoms with Crippen LogP contribution in [-0.4, -0.2) is 23.3 Å². The van der Waals surface area contributed by atoms with Crippen LogP contribution in [0.25, 0.3) is 10.9 Å². The van der Waals surface area contributed by atoms with Gasteiger partial charge in [0.1, 0.15) is 0 Å². The highest BCUT2D eigenvalue weighted by Crippen LogP contribution is 2.34. The fraction of sp³-hybridized carbons (Fsp3) is 0.562. The summed E-state index contributed by atoms with van der Waals surface area (Å²) in [5.41, 5.74) is 9.26. The zero-order chi connectivity index (χ0) is 14.1. The molecule has 20 heavy (non-hydrogen) atoms. The van der Waals surface area contributed by atoms with E-state index in [9.17, 15) is 0 Å². The van der Waals surface area contributed by atoms with E-state index in [0.717, 1.165) is 28.2 Å². The molecule has 1 aliphatic rings. The van der Waals surface area contributed by atoms with Crippen molar-refractivity contribution in [3.63, 3.8) is 0 Å². The largest absolute Gasteiger partial charge is 0.397 e. The fourth-order valence-corrected chi connectivity index (χ4v) is 3.44. The molecule has 0 amide bonds. The quantitative estimate of drug-likeness (QED) is 0.840. The van der Waals surface area contributed by atoms with Gasteiger partial charge in [-0.3, -0.25) is 5.10 Å². The van der Waals surface area contributed by atoms with Gasteiger partial charge in [-0.15, -0.1) is 0 Å². The second-order valence-electron chi connectivity index (χ2n) is 6.06. The molecule has 4 heteroatoms. The Morgan fingerprint density at radius 2 is 2.05 bits per heavy atom. The molecule has 1 aliphatic carbocycles. The van der Waals surface area contributed by atoms with Gasteiger partial charge >= 0.3 is 0 Å². The van der Waals surface area contributed by atoms with Crippen molar-refractivity contribution < 1.29 is 0 Å². The molecule has 1 aromatic heterocycles. The summed E-state index contributed by atoms with van der Waals surface area (Å²) in [6.07, 6.45) is 8.38. The first kappa shape index (κ1) is 13.3. The maximum absolute atomic E-state index is 6.22. The first-order chi connectivity index (χ1) is 9.69. The van der Waals surface area contributed by atoms with Crippen molar-refractivity contribution in [1.82, 2.24) is 10.2 Å². The molecule has 1 aromatic carbocycles. The monoisotopic (exact) mass is 272 g/mol. The molecule has 4 nitrogen and oxygen atoms in total. The Balaban J connectivity index is 1.81. The van der Waals surface area contributed by atoms with Gasteiger partial charge in [0.25, 0.3) is 0 Å². The molecule has 3 N–H and O–H groups in total. The lowest BCUT2D eigenvalue weighted by molar-refractivity contribution is 0.313. The van der Waals surface area contributed by atoms with Gasteiger partial charge in [-0.2, -0.15) is 5.10 Å². The lowest BCUT2D eigenvalue weighted by Gasteiger charge is -2.36. The Morgan fingerprint density at radius 3 is 2.75 bits per heavy atom. The molecule has 0 unspecified atom stereocenters. The minimum absolute atomic E-state index is 0.612. The second-order valence-corrected chi connectivity index (χ2v) is 6.06. The van der Waals surface area contributed by atoms with Crippen LogP contribution in [0.15, 0.2) is 18.3 Å². The smallest absolute Gasteiger partial charge is 0.0672 e. The summed E-state index contributed by atoms with van der Waals surface area (Å²) in [4.78, 5) is 2.36. The van der Waals surface area contributed by atoms with Crippen LogP contribution in [0.2, 0.25) is 0 Å². The van der Waals surface area contributed by atoms with Crippen LogP contribution in [0.3, 0.4) is 0 Å². The lowest BCUT2D eigenvalue weighted by Crippen LogP contribution is -2.35. The number of hydrogen-bond donors (Lipinski definition) is 2. The molecule has 1 heterocycles. The van der Waals surface area contributed by atoms with Gasteiger partial charge in [-0.05, 0) is 43.7 Å². The highest BCUT2D eigenvalue weighted by atomic mass is 15.1. The van der Waals surface area contributed by atoms with Gasteiger partial charge in [0.2, 0.25) is 0 Å². The number of nitrogens with two attached hydrogens (primary N) is 1. The normalized spacial score (nSPS) is 23.1. The molecule has 0 aliphatic heterocycles. The summed E-state index contributed by atoms with van der Waals surface area (Å²) in [5.74, 6) is 0.923. The van der Waals surface area contributed by atoms with Gasteiger partial charge in [0.05, 0.1) is 23.1 Å². The van der Waals surface area contributed by atoms with Gasteiger partial charge in [-0.25, -0.2) is 0 Å². The fourth-order valence-electron chi connectivity index (χ4n) is 3.44. The van der Waals surface area contributed by atoms with Crippen LogP contribution >= 0.6 is 0 Å². The molecule has 1 saturated carbocycles. The summed E-state index contributed by atoms with van der Waals surface area (Å²) >= 11 is 0. The Bertz CT molecular complexity index is 581. The number of fused-ring (bicyclic) bond motifs is 1. The van der Waals surface area contributed by atoms with Crippen molar-refractivity contribution in [2.45, 2.75) is 45.1 Å². The van der Waals surface area contributed by atoms with Crippen molar-refractivity contribution >= 4 is 22.3 Å². The Labute approximate surface area is 120 Å². The third-order valence-corrected chi connectivity index (χ3v) is 4.91. The molecule has 108 valence electrons. The summed E-state index contributed by atoms with van der Waals surface area (Å²) in [6, 6.07) is 4.76. The van der Waals surface area contributed by atoms with E-state index in [-0.39, 0.29) is 0 Å². The van der Waals surface area contributed by atoms with Crippen molar-refractivity contribution in [1.29, 1.82) is 0 Å². The number of nitrogens with one attached hydrogen (secondary N) is 1. The molecule has 0 radical (unpaired) electrons. The van der Waals surface area contributed by atoms with E-state index in [2.05, 4.69) is 35.1 Å². The molecule has 0 saturated heterocycles. The van der Waals surface area contributed by atoms with Crippen LogP contribution in [0, 0.1) is 5.92 Å². The van der Waals surface area contributed by atoms with Gasteiger partial charge in [0, 0.05) is 18.5 Å². The number of hydrogen-bond acceptors (Lipinski definition) is 3. The zero-order valence-corrected chi connectivity index (χ0v) is 12.4. The third-order valence-electron chi connectivity index (χ3n) is 4.91. The van der Waals surface area contributed by atoms with E-state index >= 15 is 0 Å². The Hall–Kier alpha value is -1.71. The van der Waals surface area contributed by atoms with Gasteiger partial charge in [-0.1, -0.05) is 13.3 Å². The first-order valence-corrected chi connectivity index (χ1v) is 7.64. The average molecular weight is 272 g/mol. The van der Waals surface area contributed by atoms with Crippen molar-refractivity contribution in [2.24, 2.45) is 5.92 Å². The number of benzene rings is 1. The number of nitrogen functional groups attached to an aromatic ring is 1. The van der Waals surface area contributed by atoms with E-state index in [1.807, 2.05) is 12.3 Å². The number of H-pyrrole nitrogens is 1. The predicted octanol–water partition coefficient (Wildman–Crippen LogP) is 3.55. The van der Waals surface area contributed by atoms with Crippen LogP contribution < -0.4 is 10.6 Å². The number of aromatic nitrogens is 2. The summed E-state index contributed by atoms with van der Waals surface area (Å²) < 4.78 is 0. The molecule has 3 rings (SSSR count). The first-order valence-electron chi connectivity index (χ1n) is 7.64. The molecular weight excluding hydrogens is 248 g/mol. The number of rotatable bonds is 3. The number of nitrogens with zero attached hydrogens (tertiary/aromatic N) is 2. The minimum atomic E-state index is 0.612. The summed E-state index contributed by atoms with van der Waals surface area (Å²) in [5, 5.41) is 8.18. The summed E-state index contributed by atoms with van der Waals surface area (Å²) in [6.45, 7) is 2.30. The van der Waals surface area contributed by atoms with Gasteiger partial charge < -0.3 is 10.6 Å². The number of aromatic amines is 1. The maximum atomic E-state index is 6.22. The minimum Gasteiger partial charge on any atom is -0.397 e. The third kappa shape index (κ3) is 2.35. The standard InChI is InChI=1S/C16H24N4/c1-3-11-4-6-13(7-5-11)20(2)16-9-15-12(8-14(16)17)10-18-19-15/h8-11,13H,3-7,17H2,1-2H3,(H,18,19). The van der Waals surface area contributed by atoms with E-state index in [1.54, 1.807) is 0 Å². The molecule has 0 bridgehead atoms. The van der Waals surface area contributed by atoms with E-state index in [1.165, 1.54) is 32.1 Å².